The average molecular weight is 415 g/mol. The molecule has 0 aromatic carbocycles. The zero-order valence-electron chi connectivity index (χ0n) is 15.7. The van der Waals surface area contributed by atoms with E-state index in [0.717, 1.165) is 0 Å². The van der Waals surface area contributed by atoms with Crippen molar-refractivity contribution in [3.63, 3.8) is 0 Å². The molecular weight excluding hydrogens is 409 g/mol. The number of rotatable bonds is 0. The molecule has 0 aliphatic rings. The van der Waals surface area contributed by atoms with Gasteiger partial charge in [0.1, 0.15) is 0 Å². The summed E-state index contributed by atoms with van der Waals surface area (Å²) in [7, 11) is -10.9. The Morgan fingerprint density at radius 3 is 0.556 bits per heavy atom. The van der Waals surface area contributed by atoms with Gasteiger partial charge in [-0.25, -0.2) is 0 Å². The monoisotopic (exact) mass is 414 g/mol. The van der Waals surface area contributed by atoms with E-state index in [9.17, 15) is 0 Å². The van der Waals surface area contributed by atoms with Crippen LogP contribution in [0.3, 0.4) is 0 Å². The summed E-state index contributed by atoms with van der Waals surface area (Å²) in [5.74, 6) is 0. The summed E-state index contributed by atoms with van der Waals surface area (Å²) in [6.45, 7) is 0. The van der Waals surface area contributed by atoms with Crippen LogP contribution in [0.2, 0.25) is 0 Å². The topological polar surface area (TPSA) is 190 Å². The maximum absolute atomic E-state index is 8.52. The molecule has 0 spiro atoms. The van der Waals surface area contributed by atoms with Gasteiger partial charge < -0.3 is 50.7 Å². The smallest absolute Gasteiger partial charge is 1.00 e. The van der Waals surface area contributed by atoms with Crippen molar-refractivity contribution in [3.05, 3.63) is 0 Å². The fraction of sp³-hybridized carbons (Fsp3) is 0. The van der Waals surface area contributed by atoms with Crippen molar-refractivity contribution in [1.82, 2.24) is 0 Å². The van der Waals surface area contributed by atoms with Crippen molar-refractivity contribution in [1.29, 1.82) is 0 Å². The van der Waals surface area contributed by atoms with E-state index in [1.54, 1.807) is 0 Å². The minimum absolute atomic E-state index is 0. The Hall–Kier alpha value is 4.72. The molecule has 0 bridgehead atoms. The van der Waals surface area contributed by atoms with Gasteiger partial charge in [0.2, 0.25) is 0 Å². The summed E-state index contributed by atoms with van der Waals surface area (Å²) in [6.07, 6.45) is 0. The van der Waals surface area contributed by atoms with Gasteiger partial charge in [0.15, 0.2) is 0 Å². The molecule has 0 aromatic rings. The van der Waals surface area contributed by atoms with Gasteiger partial charge in [-0.2, -0.15) is 0 Å². The largest absolute Gasteiger partial charge is 3.00 e. The van der Waals surface area contributed by atoms with Gasteiger partial charge in [0.25, 0.3) is 0 Å². The summed E-state index contributed by atoms with van der Waals surface area (Å²) in [5, 5.41) is 0. The molecule has 0 saturated carbocycles. The minimum atomic E-state index is -3.63. The quantitative estimate of drug-likeness (QED) is 0.346. The third kappa shape index (κ3) is 362. The van der Waals surface area contributed by atoms with Crippen LogP contribution in [0.1, 0.15) is 8.56 Å². The van der Waals surface area contributed by atoms with E-state index in [1.807, 2.05) is 0 Å². The second-order valence-electron chi connectivity index (χ2n) is 0.750. The van der Waals surface area contributed by atoms with Crippen LogP contribution in [-0.4, -0.2) is 108 Å². The zero-order valence-corrected chi connectivity index (χ0v) is 24.1. The first-order valence-electron chi connectivity index (χ1n) is 1.84. The molecule has 0 unspecified atom stereocenters. The molecule has 0 N–H and O–H groups in total. The van der Waals surface area contributed by atoms with E-state index in [1.165, 1.54) is 0 Å². The molecule has 18 heteroatoms. The second kappa shape index (κ2) is 49.5. The van der Waals surface area contributed by atoms with Crippen LogP contribution >= 0.6 is 0 Å². The van der Waals surface area contributed by atoms with Gasteiger partial charge in [-0.05, 0) is 0 Å². The third-order valence-corrected chi connectivity index (χ3v) is 0. The number of hydrogen-bond donors (Lipinski definition) is 0. The molecule has 84 valence electrons. The molecule has 0 atom stereocenters. The van der Waals surface area contributed by atoms with Crippen LogP contribution in [0.5, 0.6) is 0 Å². The molecular formula is H6Al2K2Mg2O9Si3. The predicted molar refractivity (Wildman–Crippen MR) is 49.0 cm³/mol. The molecule has 9 nitrogen and oxygen atoms in total. The Labute approximate surface area is 256 Å². The first-order valence-corrected chi connectivity index (χ1v) is 5.51. The van der Waals surface area contributed by atoms with Crippen LogP contribution in [0.25, 0.3) is 0 Å². The standard InChI is InChI=1S/2Al.2K.2Mg.3O3Si.6H/c;;;;;;3*1-4(2)3;;;;;;/q2*+3;2*+1;2*+2;3*-2;6*-1. The Bertz CT molecular complexity index is 153. The third-order valence-electron chi connectivity index (χ3n) is 0. The molecule has 0 amide bonds. The van der Waals surface area contributed by atoms with Gasteiger partial charge in [0, 0.05) is 27.5 Å². The summed E-state index contributed by atoms with van der Waals surface area (Å²) in [4.78, 5) is 51.1. The molecule has 0 saturated heterocycles. The van der Waals surface area contributed by atoms with Gasteiger partial charge in [-0.15, -0.1) is 0 Å². The van der Waals surface area contributed by atoms with Crippen LogP contribution in [0.15, 0.2) is 0 Å². The van der Waals surface area contributed by atoms with Gasteiger partial charge in [-0.3, -0.25) is 0 Å². The summed E-state index contributed by atoms with van der Waals surface area (Å²) < 4.78 is 25.6. The van der Waals surface area contributed by atoms with Gasteiger partial charge in [0.05, 0.1) is 0 Å². The Balaban J connectivity index is -0.00000000312. The molecule has 0 aliphatic carbocycles. The van der Waals surface area contributed by atoms with Crippen molar-refractivity contribution >= 4 is 108 Å². The molecule has 0 fully saturated rings. The van der Waals surface area contributed by atoms with E-state index >= 15 is 0 Å². The van der Waals surface area contributed by atoms with Crippen LogP contribution < -0.4 is 132 Å². The van der Waals surface area contributed by atoms with Crippen molar-refractivity contribution < 1.29 is 153 Å². The summed E-state index contributed by atoms with van der Waals surface area (Å²) >= 11 is 0. The SMILES string of the molecule is O=[Si]([O-])[O-].O=[Si]([O-])[O-].O=[Si]([O-])[O-].[Al+3].[Al+3].[H-].[H-].[H-].[H-].[H-].[H-].[K+].[K+].[Mg+2].[Mg+2]. The first kappa shape index (κ1) is 56.9. The minimum Gasteiger partial charge on any atom is -1.00 e. The summed E-state index contributed by atoms with van der Waals surface area (Å²) in [6, 6.07) is 0. The van der Waals surface area contributed by atoms with E-state index in [0.29, 0.717) is 0 Å². The van der Waals surface area contributed by atoms with E-state index in [4.69, 9.17) is 42.2 Å². The molecule has 0 aliphatic heterocycles. The average Bonchev–Trinajstić information content (AvgIpc) is 1.54. The van der Waals surface area contributed by atoms with Crippen molar-refractivity contribution in [3.8, 4) is 0 Å². The van der Waals surface area contributed by atoms with Crippen molar-refractivity contribution in [2.45, 2.75) is 0 Å². The Morgan fingerprint density at radius 2 is 0.556 bits per heavy atom. The molecule has 0 rings (SSSR count). The van der Waals surface area contributed by atoms with Gasteiger partial charge >= 0.3 is 184 Å². The van der Waals surface area contributed by atoms with Gasteiger partial charge in [-0.1, -0.05) is 0 Å². The Kier molecular flexibility index (Phi) is 157. The fourth-order valence-corrected chi connectivity index (χ4v) is 0. The predicted octanol–water partition coefficient (Wildman–Crippen LogP) is -15.5. The maximum atomic E-state index is 8.52. The van der Waals surface area contributed by atoms with E-state index in [2.05, 4.69) is 0 Å². The second-order valence-corrected chi connectivity index (χ2v) is 2.25. The van der Waals surface area contributed by atoms with Crippen LogP contribution in [0, 0.1) is 0 Å². The van der Waals surface area contributed by atoms with E-state index < -0.39 is 27.5 Å². The molecule has 18 heavy (non-hydrogen) atoms. The normalized spacial score (nSPS) is 4.00. The van der Waals surface area contributed by atoms with Crippen molar-refractivity contribution in [2.75, 3.05) is 0 Å². The van der Waals surface area contributed by atoms with Crippen LogP contribution in [-0.2, 0) is 13.4 Å². The van der Waals surface area contributed by atoms with Crippen LogP contribution in [0.4, 0.5) is 0 Å². The molecule has 0 aromatic heterocycles. The zero-order chi connectivity index (χ0) is 10.7. The van der Waals surface area contributed by atoms with Crippen molar-refractivity contribution in [2.24, 2.45) is 0 Å². The van der Waals surface area contributed by atoms with E-state index in [-0.39, 0.29) is 192 Å². The fourth-order valence-electron chi connectivity index (χ4n) is 0. The Morgan fingerprint density at radius 1 is 0.556 bits per heavy atom. The molecule has 0 heterocycles. The first-order chi connectivity index (χ1) is 5.20. The number of hydrogen-bond acceptors (Lipinski definition) is 9. The summed E-state index contributed by atoms with van der Waals surface area (Å²) in [5.41, 5.74) is 0. The maximum Gasteiger partial charge on any atom is 3.00 e. The molecule has 0 radical (unpaired) electrons.